The Kier molecular flexibility index (Phi) is 4.62. The molecule has 1 saturated carbocycles. The average molecular weight is 171 g/mol. The van der Waals surface area contributed by atoms with Crippen molar-refractivity contribution < 1.29 is 5.11 Å². The highest BCUT2D eigenvalue weighted by atomic mass is 16.3. The van der Waals surface area contributed by atoms with Crippen LogP contribution in [0.1, 0.15) is 39.0 Å². The summed E-state index contributed by atoms with van der Waals surface area (Å²) >= 11 is 0. The smallest absolute Gasteiger partial charge is 0.0584 e. The van der Waals surface area contributed by atoms with Gasteiger partial charge in [0.1, 0.15) is 0 Å². The molecule has 0 aliphatic heterocycles. The van der Waals surface area contributed by atoms with E-state index in [9.17, 15) is 0 Å². The molecule has 2 N–H and O–H groups in total. The summed E-state index contributed by atoms with van der Waals surface area (Å²) in [5.41, 5.74) is 0. The molecule has 0 amide bonds. The molecule has 0 aromatic rings. The molecular weight excluding hydrogens is 150 g/mol. The van der Waals surface area contributed by atoms with Crippen LogP contribution in [0.25, 0.3) is 0 Å². The molecule has 2 heteroatoms. The second-order valence-corrected chi connectivity index (χ2v) is 3.87. The molecule has 1 rings (SSSR count). The van der Waals surface area contributed by atoms with Crippen molar-refractivity contribution in [2.45, 2.75) is 45.1 Å². The third-order valence-electron chi connectivity index (χ3n) is 2.52. The molecule has 0 aromatic carbocycles. The number of aliphatic hydroxyl groups excluding tert-OH is 1. The molecule has 1 unspecified atom stereocenters. The molecule has 72 valence electrons. The van der Waals surface area contributed by atoms with E-state index in [-0.39, 0.29) is 0 Å². The second-order valence-electron chi connectivity index (χ2n) is 3.87. The van der Waals surface area contributed by atoms with Crippen LogP contribution < -0.4 is 5.32 Å². The topological polar surface area (TPSA) is 32.3 Å². The minimum Gasteiger partial charge on any atom is -0.395 e. The molecule has 12 heavy (non-hydrogen) atoms. The quantitative estimate of drug-likeness (QED) is 0.609. The molecule has 0 radical (unpaired) electrons. The Hall–Kier alpha value is -0.0800. The fraction of sp³-hybridized carbons (Fsp3) is 1.00. The lowest BCUT2D eigenvalue weighted by atomic mass is 10.1. The maximum atomic E-state index is 9.02. The summed E-state index contributed by atoms with van der Waals surface area (Å²) in [4.78, 5) is 0. The van der Waals surface area contributed by atoms with Crippen LogP contribution in [-0.4, -0.2) is 24.3 Å². The van der Waals surface area contributed by atoms with E-state index in [2.05, 4.69) is 12.2 Å². The summed E-state index contributed by atoms with van der Waals surface area (Å²) < 4.78 is 0. The lowest BCUT2D eigenvalue weighted by Gasteiger charge is -2.15. The third-order valence-corrected chi connectivity index (χ3v) is 2.52. The highest BCUT2D eigenvalue weighted by Crippen LogP contribution is 2.27. The first-order valence-corrected chi connectivity index (χ1v) is 5.21. The van der Waals surface area contributed by atoms with Gasteiger partial charge in [-0.15, -0.1) is 0 Å². The van der Waals surface area contributed by atoms with Crippen molar-refractivity contribution in [2.24, 2.45) is 5.92 Å². The second kappa shape index (κ2) is 5.55. The monoisotopic (exact) mass is 171 g/mol. The van der Waals surface area contributed by atoms with E-state index in [1.165, 1.54) is 25.7 Å². The van der Waals surface area contributed by atoms with Crippen LogP contribution in [0, 0.1) is 5.92 Å². The zero-order valence-electron chi connectivity index (χ0n) is 8.05. The number of nitrogens with one attached hydrogen (secondary N) is 1. The Morgan fingerprint density at radius 1 is 1.50 bits per heavy atom. The summed E-state index contributed by atoms with van der Waals surface area (Å²) in [5, 5.41) is 12.4. The van der Waals surface area contributed by atoms with Gasteiger partial charge in [-0.2, -0.15) is 0 Å². The van der Waals surface area contributed by atoms with Crippen molar-refractivity contribution in [3.8, 4) is 0 Å². The van der Waals surface area contributed by atoms with Gasteiger partial charge in [-0.25, -0.2) is 0 Å². The van der Waals surface area contributed by atoms with Crippen LogP contribution in [0.3, 0.4) is 0 Å². The zero-order valence-corrected chi connectivity index (χ0v) is 8.05. The fourth-order valence-corrected chi connectivity index (χ4v) is 1.36. The maximum absolute atomic E-state index is 9.02. The molecule has 2 nitrogen and oxygen atoms in total. The van der Waals surface area contributed by atoms with E-state index in [0.29, 0.717) is 12.6 Å². The predicted octanol–water partition coefficient (Wildman–Crippen LogP) is 1.54. The van der Waals surface area contributed by atoms with Crippen molar-refractivity contribution in [3.63, 3.8) is 0 Å². The largest absolute Gasteiger partial charge is 0.395 e. The molecule has 1 aliphatic carbocycles. The molecule has 0 heterocycles. The van der Waals surface area contributed by atoms with Gasteiger partial charge in [0.2, 0.25) is 0 Å². The van der Waals surface area contributed by atoms with Crippen LogP contribution in [-0.2, 0) is 0 Å². The van der Waals surface area contributed by atoms with Crippen LogP contribution in [0.15, 0.2) is 0 Å². The lowest BCUT2D eigenvalue weighted by molar-refractivity contribution is 0.232. The van der Waals surface area contributed by atoms with Gasteiger partial charge in [-0.1, -0.05) is 19.8 Å². The van der Waals surface area contributed by atoms with E-state index in [1.807, 2.05) is 0 Å². The minimum absolute atomic E-state index is 0.298. The molecule has 1 fully saturated rings. The molecule has 1 aliphatic rings. The first-order valence-electron chi connectivity index (χ1n) is 5.21. The van der Waals surface area contributed by atoms with Gasteiger partial charge >= 0.3 is 0 Å². The number of unbranched alkanes of at least 4 members (excludes halogenated alkanes) is 1. The number of rotatable bonds is 7. The Morgan fingerprint density at radius 2 is 2.25 bits per heavy atom. The maximum Gasteiger partial charge on any atom is 0.0584 e. The van der Waals surface area contributed by atoms with Crippen LogP contribution in [0.5, 0.6) is 0 Å². The third kappa shape index (κ3) is 4.07. The Labute approximate surface area is 75.4 Å². The summed E-state index contributed by atoms with van der Waals surface area (Å²) in [6.07, 6.45) is 6.35. The number of hydrogen-bond acceptors (Lipinski definition) is 2. The fourth-order valence-electron chi connectivity index (χ4n) is 1.36. The Balaban J connectivity index is 1.98. The van der Waals surface area contributed by atoms with Gasteiger partial charge in [0.15, 0.2) is 0 Å². The number of hydrogen-bond donors (Lipinski definition) is 2. The SMILES string of the molecule is CCCCC(CO)NCC1CC1. The molecule has 0 aromatic heterocycles. The molecule has 0 saturated heterocycles. The standard InChI is InChI=1S/C10H21NO/c1-2-3-4-10(8-12)11-7-9-5-6-9/h9-12H,2-8H2,1H3. The van der Waals surface area contributed by atoms with Crippen molar-refractivity contribution in [3.05, 3.63) is 0 Å². The Bertz CT molecular complexity index is 112. The van der Waals surface area contributed by atoms with E-state index in [0.717, 1.165) is 18.9 Å². The lowest BCUT2D eigenvalue weighted by Crippen LogP contribution is -2.33. The predicted molar refractivity (Wildman–Crippen MR) is 51.1 cm³/mol. The summed E-state index contributed by atoms with van der Waals surface area (Å²) in [6.45, 7) is 3.61. The summed E-state index contributed by atoms with van der Waals surface area (Å²) in [6, 6.07) is 0.352. The van der Waals surface area contributed by atoms with Crippen molar-refractivity contribution in [1.82, 2.24) is 5.32 Å². The van der Waals surface area contributed by atoms with Gasteiger partial charge in [0.25, 0.3) is 0 Å². The van der Waals surface area contributed by atoms with E-state index >= 15 is 0 Å². The van der Waals surface area contributed by atoms with E-state index in [1.54, 1.807) is 0 Å². The van der Waals surface area contributed by atoms with Crippen molar-refractivity contribution in [2.75, 3.05) is 13.2 Å². The first-order chi connectivity index (χ1) is 5.86. The van der Waals surface area contributed by atoms with Crippen molar-refractivity contribution in [1.29, 1.82) is 0 Å². The normalized spacial score (nSPS) is 19.5. The van der Waals surface area contributed by atoms with Gasteiger partial charge in [0, 0.05) is 6.04 Å². The van der Waals surface area contributed by atoms with E-state index in [4.69, 9.17) is 5.11 Å². The molecule has 0 bridgehead atoms. The zero-order chi connectivity index (χ0) is 8.81. The van der Waals surface area contributed by atoms with Gasteiger partial charge < -0.3 is 10.4 Å². The van der Waals surface area contributed by atoms with Crippen LogP contribution in [0.2, 0.25) is 0 Å². The Morgan fingerprint density at radius 3 is 2.75 bits per heavy atom. The molecular formula is C10H21NO. The van der Waals surface area contributed by atoms with E-state index < -0.39 is 0 Å². The highest BCUT2D eigenvalue weighted by Gasteiger charge is 2.21. The molecule has 1 atom stereocenters. The summed E-state index contributed by atoms with van der Waals surface area (Å²) in [7, 11) is 0. The highest BCUT2D eigenvalue weighted by molar-refractivity contribution is 4.77. The minimum atomic E-state index is 0.298. The van der Waals surface area contributed by atoms with Gasteiger partial charge in [-0.3, -0.25) is 0 Å². The van der Waals surface area contributed by atoms with Gasteiger partial charge in [0.05, 0.1) is 6.61 Å². The molecule has 0 spiro atoms. The number of aliphatic hydroxyl groups is 1. The van der Waals surface area contributed by atoms with Gasteiger partial charge in [-0.05, 0) is 31.7 Å². The first kappa shape index (κ1) is 10.0. The van der Waals surface area contributed by atoms with Crippen molar-refractivity contribution >= 4 is 0 Å². The summed E-state index contributed by atoms with van der Waals surface area (Å²) in [5.74, 6) is 0.917. The van der Waals surface area contributed by atoms with Crippen LogP contribution in [0.4, 0.5) is 0 Å². The van der Waals surface area contributed by atoms with Crippen LogP contribution >= 0.6 is 0 Å². The average Bonchev–Trinajstić information content (AvgIpc) is 2.89.